The van der Waals surface area contributed by atoms with Gasteiger partial charge in [-0.05, 0) is 41.1 Å². The first-order chi connectivity index (χ1) is 7.67. The van der Waals surface area contributed by atoms with E-state index < -0.39 is 0 Å². The number of hydrogen-bond donors (Lipinski definition) is 2. The Morgan fingerprint density at radius 3 is 2.75 bits per heavy atom. The Labute approximate surface area is 105 Å². The molecule has 0 amide bonds. The number of hydrogen-bond acceptors (Lipinski definition) is 3. The molecule has 0 aromatic carbocycles. The molecule has 16 heavy (non-hydrogen) atoms. The molecule has 5 heteroatoms. The van der Waals surface area contributed by atoms with Crippen LogP contribution < -0.4 is 11.3 Å². The normalized spacial score (nSPS) is 17.8. The van der Waals surface area contributed by atoms with Crippen LogP contribution in [0.25, 0.3) is 0 Å². The molecule has 4 nitrogen and oxygen atoms in total. The van der Waals surface area contributed by atoms with Gasteiger partial charge < -0.3 is 0 Å². The Morgan fingerprint density at radius 1 is 1.62 bits per heavy atom. The number of rotatable bonds is 5. The molecule has 0 spiro atoms. The van der Waals surface area contributed by atoms with Gasteiger partial charge in [0.05, 0.1) is 15.9 Å². The molecule has 1 aliphatic rings. The number of halogens is 1. The van der Waals surface area contributed by atoms with Crippen LogP contribution in [0.5, 0.6) is 0 Å². The minimum atomic E-state index is 0.386. The van der Waals surface area contributed by atoms with Gasteiger partial charge in [0.25, 0.3) is 0 Å². The van der Waals surface area contributed by atoms with E-state index in [1.807, 2.05) is 11.7 Å². The van der Waals surface area contributed by atoms with Crippen LogP contribution in [0.4, 0.5) is 0 Å². The van der Waals surface area contributed by atoms with Crippen LogP contribution in [0, 0.1) is 5.92 Å². The first kappa shape index (κ1) is 12.1. The molecule has 1 saturated carbocycles. The van der Waals surface area contributed by atoms with E-state index in [4.69, 9.17) is 5.84 Å². The van der Waals surface area contributed by atoms with E-state index in [-0.39, 0.29) is 0 Å². The summed E-state index contributed by atoms with van der Waals surface area (Å²) in [5.74, 6) is 6.35. The van der Waals surface area contributed by atoms with E-state index in [0.29, 0.717) is 6.04 Å². The van der Waals surface area contributed by atoms with Crippen molar-refractivity contribution in [2.75, 3.05) is 0 Å². The third-order valence-electron chi connectivity index (χ3n) is 3.32. The van der Waals surface area contributed by atoms with E-state index in [2.05, 4.69) is 33.4 Å². The van der Waals surface area contributed by atoms with Crippen LogP contribution in [0.15, 0.2) is 4.47 Å². The maximum Gasteiger partial charge on any atom is 0.0766 e. The van der Waals surface area contributed by atoms with Crippen LogP contribution in [0.1, 0.15) is 31.2 Å². The summed E-state index contributed by atoms with van der Waals surface area (Å²) in [4.78, 5) is 0. The van der Waals surface area contributed by atoms with Crippen molar-refractivity contribution >= 4 is 15.9 Å². The smallest absolute Gasteiger partial charge is 0.0766 e. The average molecular weight is 287 g/mol. The van der Waals surface area contributed by atoms with Gasteiger partial charge in [-0.25, -0.2) is 0 Å². The van der Waals surface area contributed by atoms with Crippen molar-refractivity contribution in [3.63, 3.8) is 0 Å². The number of hydrazine groups is 1. The lowest BCUT2D eigenvalue weighted by atomic mass is 10.1. The predicted molar refractivity (Wildman–Crippen MR) is 67.8 cm³/mol. The van der Waals surface area contributed by atoms with Crippen LogP contribution >= 0.6 is 15.9 Å². The Hall–Kier alpha value is -0.390. The zero-order chi connectivity index (χ0) is 11.7. The van der Waals surface area contributed by atoms with Crippen LogP contribution in [-0.4, -0.2) is 15.8 Å². The second-order valence-electron chi connectivity index (χ2n) is 4.50. The van der Waals surface area contributed by atoms with Crippen molar-refractivity contribution in [1.29, 1.82) is 0 Å². The summed E-state index contributed by atoms with van der Waals surface area (Å²) >= 11 is 3.64. The van der Waals surface area contributed by atoms with E-state index in [1.54, 1.807) is 0 Å². The van der Waals surface area contributed by atoms with E-state index >= 15 is 0 Å². The summed E-state index contributed by atoms with van der Waals surface area (Å²) in [5.41, 5.74) is 5.30. The Balaban J connectivity index is 2.16. The fourth-order valence-electron chi connectivity index (χ4n) is 2.11. The molecule has 1 aromatic rings. The van der Waals surface area contributed by atoms with Crippen LogP contribution in [-0.2, 0) is 19.9 Å². The van der Waals surface area contributed by atoms with Crippen LogP contribution in [0.3, 0.4) is 0 Å². The molecule has 1 heterocycles. The standard InChI is InChI=1S/C11H19BrN4/c1-3-8-11(12)10(16(2)15-8)6-9(14-13)7-4-5-7/h7,9,14H,3-6,13H2,1-2H3. The van der Waals surface area contributed by atoms with Crippen molar-refractivity contribution in [3.8, 4) is 0 Å². The number of nitrogens with one attached hydrogen (secondary N) is 1. The van der Waals surface area contributed by atoms with Gasteiger partial charge in [0.2, 0.25) is 0 Å². The molecular weight excluding hydrogens is 268 g/mol. The lowest BCUT2D eigenvalue weighted by Crippen LogP contribution is -2.38. The number of nitrogens with zero attached hydrogens (tertiary/aromatic N) is 2. The predicted octanol–water partition coefficient (Wildman–Crippen LogP) is 1.53. The summed E-state index contributed by atoms with van der Waals surface area (Å²) in [6, 6.07) is 0.386. The molecule has 90 valence electrons. The highest BCUT2D eigenvalue weighted by molar-refractivity contribution is 9.10. The third kappa shape index (κ3) is 2.31. The number of aryl methyl sites for hydroxylation is 2. The first-order valence-corrected chi connectivity index (χ1v) is 6.63. The number of aromatic nitrogens is 2. The van der Waals surface area contributed by atoms with Gasteiger partial charge in [-0.2, -0.15) is 5.10 Å². The Kier molecular flexibility index (Phi) is 3.66. The zero-order valence-corrected chi connectivity index (χ0v) is 11.4. The molecule has 1 aliphatic carbocycles. The third-order valence-corrected chi connectivity index (χ3v) is 4.24. The van der Waals surface area contributed by atoms with Gasteiger partial charge in [-0.15, -0.1) is 0 Å². The van der Waals surface area contributed by atoms with Crippen LogP contribution in [0.2, 0.25) is 0 Å². The molecule has 0 saturated heterocycles. The second kappa shape index (κ2) is 4.85. The molecule has 2 rings (SSSR count). The maximum absolute atomic E-state index is 5.61. The molecule has 1 unspecified atom stereocenters. The first-order valence-electron chi connectivity index (χ1n) is 5.83. The van der Waals surface area contributed by atoms with Crippen molar-refractivity contribution in [2.45, 2.75) is 38.6 Å². The summed E-state index contributed by atoms with van der Waals surface area (Å²) in [6.07, 6.45) is 4.50. The molecule has 1 aromatic heterocycles. The quantitative estimate of drug-likeness (QED) is 0.638. The summed E-state index contributed by atoms with van der Waals surface area (Å²) in [6.45, 7) is 2.12. The molecule has 0 bridgehead atoms. The van der Waals surface area contributed by atoms with Gasteiger partial charge in [-0.1, -0.05) is 6.92 Å². The highest BCUT2D eigenvalue weighted by atomic mass is 79.9. The largest absolute Gasteiger partial charge is 0.271 e. The topological polar surface area (TPSA) is 55.9 Å². The van der Waals surface area contributed by atoms with Gasteiger partial charge in [0.1, 0.15) is 0 Å². The molecule has 1 fully saturated rings. The minimum absolute atomic E-state index is 0.386. The monoisotopic (exact) mass is 286 g/mol. The fourth-order valence-corrected chi connectivity index (χ4v) is 2.89. The van der Waals surface area contributed by atoms with Crippen molar-refractivity contribution < 1.29 is 0 Å². The molecule has 3 N–H and O–H groups in total. The maximum atomic E-state index is 5.61. The number of nitrogens with two attached hydrogens (primary N) is 1. The van der Waals surface area contributed by atoms with E-state index in [1.165, 1.54) is 18.5 Å². The minimum Gasteiger partial charge on any atom is -0.271 e. The lowest BCUT2D eigenvalue weighted by molar-refractivity contribution is 0.459. The molecule has 0 aliphatic heterocycles. The molecular formula is C11H19BrN4. The summed E-state index contributed by atoms with van der Waals surface area (Å²) in [7, 11) is 2.00. The molecule has 1 atom stereocenters. The SMILES string of the molecule is CCc1nn(C)c(CC(NN)C2CC2)c1Br. The second-order valence-corrected chi connectivity index (χ2v) is 5.29. The van der Waals surface area contributed by atoms with Gasteiger partial charge in [0.15, 0.2) is 0 Å². The molecule has 0 radical (unpaired) electrons. The van der Waals surface area contributed by atoms with Gasteiger partial charge in [0, 0.05) is 19.5 Å². The fraction of sp³-hybridized carbons (Fsp3) is 0.727. The van der Waals surface area contributed by atoms with Crippen molar-refractivity contribution in [1.82, 2.24) is 15.2 Å². The van der Waals surface area contributed by atoms with Crippen molar-refractivity contribution in [2.24, 2.45) is 18.8 Å². The van der Waals surface area contributed by atoms with Gasteiger partial charge in [-0.3, -0.25) is 16.0 Å². The zero-order valence-electron chi connectivity index (χ0n) is 9.83. The Morgan fingerprint density at radius 2 is 2.31 bits per heavy atom. The highest BCUT2D eigenvalue weighted by Crippen LogP contribution is 2.35. The highest BCUT2D eigenvalue weighted by Gasteiger charge is 2.31. The van der Waals surface area contributed by atoms with Crippen molar-refractivity contribution in [3.05, 3.63) is 15.9 Å². The van der Waals surface area contributed by atoms with Gasteiger partial charge >= 0.3 is 0 Å². The average Bonchev–Trinajstić information content (AvgIpc) is 3.06. The van der Waals surface area contributed by atoms with E-state index in [0.717, 1.165) is 28.9 Å². The Bertz CT molecular complexity index is 370. The van der Waals surface area contributed by atoms with E-state index in [9.17, 15) is 0 Å². The summed E-state index contributed by atoms with van der Waals surface area (Å²) < 4.78 is 3.12. The lowest BCUT2D eigenvalue weighted by Gasteiger charge is -2.15. The summed E-state index contributed by atoms with van der Waals surface area (Å²) in [5, 5.41) is 4.50.